The van der Waals surface area contributed by atoms with E-state index in [-0.39, 0.29) is 43.8 Å². The van der Waals surface area contributed by atoms with Crippen LogP contribution in [0.5, 0.6) is 0 Å². The van der Waals surface area contributed by atoms with E-state index in [4.69, 9.17) is 4.42 Å². The molecule has 0 spiro atoms. The van der Waals surface area contributed by atoms with Gasteiger partial charge in [0.15, 0.2) is 0 Å². The fourth-order valence-electron chi connectivity index (χ4n) is 4.57. The number of unbranched alkanes of at least 4 members (excludes halogenated alkanes) is 1. The minimum absolute atomic E-state index is 0.00540. The highest BCUT2D eigenvalue weighted by Gasteiger charge is 2.50. The summed E-state index contributed by atoms with van der Waals surface area (Å²) >= 11 is 0. The van der Waals surface area contributed by atoms with Crippen molar-refractivity contribution in [2.45, 2.75) is 51.5 Å². The van der Waals surface area contributed by atoms with Crippen LogP contribution < -0.4 is 5.32 Å². The molecule has 4 rings (SSSR count). The third-order valence-corrected chi connectivity index (χ3v) is 6.26. The molecule has 0 aliphatic carbocycles. The zero-order chi connectivity index (χ0) is 24.2. The highest BCUT2D eigenvalue weighted by Crippen LogP contribution is 2.29. The van der Waals surface area contributed by atoms with Crippen LogP contribution in [0.2, 0.25) is 0 Å². The van der Waals surface area contributed by atoms with E-state index in [1.54, 1.807) is 52.4 Å². The van der Waals surface area contributed by atoms with Gasteiger partial charge in [-0.25, -0.2) is 19.2 Å². The van der Waals surface area contributed by atoms with Gasteiger partial charge in [0.25, 0.3) is 0 Å². The Balaban J connectivity index is 1.57. The molecule has 34 heavy (non-hydrogen) atoms. The summed E-state index contributed by atoms with van der Waals surface area (Å²) in [6.45, 7) is 2.67. The molecule has 2 aliphatic rings. The lowest BCUT2D eigenvalue weighted by Gasteiger charge is -2.54. The average Bonchev–Trinajstić information content (AvgIpc) is 3.32. The quantitative estimate of drug-likeness (QED) is 0.671. The van der Waals surface area contributed by atoms with Gasteiger partial charge in [-0.1, -0.05) is 31.9 Å². The van der Waals surface area contributed by atoms with Crippen LogP contribution in [0.4, 0.5) is 9.18 Å². The Morgan fingerprint density at radius 1 is 1.21 bits per heavy atom. The summed E-state index contributed by atoms with van der Waals surface area (Å²) in [5.41, 5.74) is 0.751. The maximum Gasteiger partial charge on any atom is 0.334 e. The normalized spacial score (nSPS) is 21.1. The fraction of sp³-hybridized carbons (Fsp3) is 0.458. The van der Waals surface area contributed by atoms with Crippen LogP contribution in [0.25, 0.3) is 0 Å². The zero-order valence-electron chi connectivity index (χ0n) is 19.4. The first kappa shape index (κ1) is 23.7. The molecule has 1 aromatic heterocycles. The highest BCUT2D eigenvalue weighted by molar-refractivity contribution is 5.91. The Hall–Kier alpha value is -3.40. The summed E-state index contributed by atoms with van der Waals surface area (Å²) in [5.74, 6) is -0.0201. The van der Waals surface area contributed by atoms with Gasteiger partial charge in [0.05, 0.1) is 25.9 Å². The van der Waals surface area contributed by atoms with Gasteiger partial charge in [0.1, 0.15) is 23.8 Å². The molecule has 2 fully saturated rings. The molecule has 4 amide bonds. The van der Waals surface area contributed by atoms with E-state index in [0.29, 0.717) is 12.2 Å². The van der Waals surface area contributed by atoms with Crippen molar-refractivity contribution in [1.29, 1.82) is 0 Å². The Kier molecular flexibility index (Phi) is 7.16. The third-order valence-electron chi connectivity index (χ3n) is 6.26. The number of furan rings is 1. The molecular weight excluding hydrogens is 441 g/mol. The van der Waals surface area contributed by atoms with E-state index in [2.05, 4.69) is 5.32 Å². The standard InChI is InChI=1S/C24H30FN5O4/c1-3-4-7-20-23(32)28(14-19-6-5-12-34-19)15-21-29(20)22(31)16-27(2)30(21)24(33)26-13-17-8-10-18(25)11-9-17/h5-6,8-12,20-21H,3-4,7,13-16H2,1-2H3,(H,26,33)/t20-,21?/m0/s1. The summed E-state index contributed by atoms with van der Waals surface area (Å²) in [6.07, 6.45) is 3.11. The van der Waals surface area contributed by atoms with Gasteiger partial charge >= 0.3 is 6.03 Å². The van der Waals surface area contributed by atoms with Crippen LogP contribution in [0.1, 0.15) is 37.5 Å². The van der Waals surface area contributed by atoms with E-state index >= 15 is 0 Å². The number of piperazine rings is 1. The number of likely N-dealkylation sites (N-methyl/N-ethyl adjacent to an activating group) is 1. The van der Waals surface area contributed by atoms with E-state index in [0.717, 1.165) is 18.4 Å². The molecule has 2 aliphatic heterocycles. The van der Waals surface area contributed by atoms with Gasteiger partial charge in [-0.15, -0.1) is 0 Å². The van der Waals surface area contributed by atoms with Crippen LogP contribution in [-0.2, 0) is 22.7 Å². The molecule has 2 aromatic rings. The lowest BCUT2D eigenvalue weighted by Crippen LogP contribution is -2.75. The number of carbonyl (C=O) groups is 3. The number of rotatable bonds is 7. The topological polar surface area (TPSA) is 89.3 Å². The van der Waals surface area contributed by atoms with Crippen molar-refractivity contribution in [3.8, 4) is 0 Å². The van der Waals surface area contributed by atoms with Crippen molar-refractivity contribution in [3.63, 3.8) is 0 Å². The van der Waals surface area contributed by atoms with E-state index in [9.17, 15) is 18.8 Å². The van der Waals surface area contributed by atoms with Crippen LogP contribution in [0.3, 0.4) is 0 Å². The zero-order valence-corrected chi connectivity index (χ0v) is 19.4. The molecule has 1 unspecified atom stereocenters. The summed E-state index contributed by atoms with van der Waals surface area (Å²) in [7, 11) is 1.68. The number of carbonyl (C=O) groups excluding carboxylic acids is 3. The summed E-state index contributed by atoms with van der Waals surface area (Å²) in [4.78, 5) is 43.0. The van der Waals surface area contributed by atoms with Crippen LogP contribution in [0, 0.1) is 5.82 Å². The van der Waals surface area contributed by atoms with Gasteiger partial charge in [-0.3, -0.25) is 9.59 Å². The number of benzene rings is 1. The molecule has 9 nitrogen and oxygen atoms in total. The number of halogens is 1. The number of urea groups is 1. The molecule has 10 heteroatoms. The molecule has 1 aromatic carbocycles. The number of hydrogen-bond donors (Lipinski definition) is 1. The SMILES string of the molecule is CCCC[C@H]1C(=O)N(Cc2ccco2)CC2N1C(=O)CN(C)N2C(=O)NCc1ccc(F)cc1. The van der Waals surface area contributed by atoms with Crippen LogP contribution in [0.15, 0.2) is 47.1 Å². The number of nitrogens with one attached hydrogen (secondary N) is 1. The maximum atomic E-state index is 13.4. The van der Waals surface area contributed by atoms with Crippen molar-refractivity contribution in [2.75, 3.05) is 20.1 Å². The first-order chi connectivity index (χ1) is 16.4. The van der Waals surface area contributed by atoms with Crippen molar-refractivity contribution in [3.05, 3.63) is 59.8 Å². The Labute approximate surface area is 198 Å². The van der Waals surface area contributed by atoms with Crippen molar-refractivity contribution in [1.82, 2.24) is 25.1 Å². The molecule has 3 heterocycles. The highest BCUT2D eigenvalue weighted by atomic mass is 19.1. The molecular formula is C24H30FN5O4. The largest absolute Gasteiger partial charge is 0.467 e. The minimum Gasteiger partial charge on any atom is -0.467 e. The number of amides is 4. The number of fused-ring (bicyclic) bond motifs is 1. The van der Waals surface area contributed by atoms with Crippen LogP contribution in [-0.4, -0.2) is 70.0 Å². The smallest absolute Gasteiger partial charge is 0.334 e. The second kappa shape index (κ2) is 10.3. The third kappa shape index (κ3) is 4.91. The van der Waals surface area contributed by atoms with E-state index in [1.807, 2.05) is 6.92 Å². The van der Waals surface area contributed by atoms with Gasteiger partial charge in [0.2, 0.25) is 11.8 Å². The van der Waals surface area contributed by atoms with Gasteiger partial charge in [-0.2, -0.15) is 0 Å². The summed E-state index contributed by atoms with van der Waals surface area (Å²) in [6, 6.07) is 8.42. The minimum atomic E-state index is -0.644. The average molecular weight is 472 g/mol. The second-order valence-electron chi connectivity index (χ2n) is 8.68. The Bertz CT molecular complexity index is 1010. The predicted octanol–water partition coefficient (Wildman–Crippen LogP) is 2.55. The first-order valence-corrected chi connectivity index (χ1v) is 11.5. The van der Waals surface area contributed by atoms with E-state index < -0.39 is 18.2 Å². The lowest BCUT2D eigenvalue weighted by molar-refractivity contribution is -0.188. The Morgan fingerprint density at radius 3 is 2.65 bits per heavy atom. The lowest BCUT2D eigenvalue weighted by atomic mass is 10.0. The van der Waals surface area contributed by atoms with Gasteiger partial charge < -0.3 is 19.5 Å². The van der Waals surface area contributed by atoms with Crippen LogP contribution >= 0.6 is 0 Å². The Morgan fingerprint density at radius 2 is 1.97 bits per heavy atom. The number of nitrogens with zero attached hydrogens (tertiary/aromatic N) is 4. The molecule has 2 saturated heterocycles. The number of hydrazine groups is 1. The summed E-state index contributed by atoms with van der Waals surface area (Å²) < 4.78 is 18.6. The predicted molar refractivity (Wildman–Crippen MR) is 121 cm³/mol. The monoisotopic (exact) mass is 471 g/mol. The first-order valence-electron chi connectivity index (χ1n) is 11.5. The second-order valence-corrected chi connectivity index (χ2v) is 8.68. The van der Waals surface area contributed by atoms with Gasteiger partial charge in [-0.05, 0) is 36.2 Å². The molecule has 0 radical (unpaired) electrons. The maximum absolute atomic E-state index is 13.4. The fourth-order valence-corrected chi connectivity index (χ4v) is 4.57. The molecule has 2 atom stereocenters. The number of hydrogen-bond acceptors (Lipinski definition) is 5. The molecule has 1 N–H and O–H groups in total. The molecule has 0 saturated carbocycles. The molecule has 182 valence electrons. The van der Waals surface area contributed by atoms with Crippen molar-refractivity contribution < 1.29 is 23.2 Å². The summed E-state index contributed by atoms with van der Waals surface area (Å²) in [5, 5.41) is 5.95. The van der Waals surface area contributed by atoms with Crippen molar-refractivity contribution in [2.24, 2.45) is 0 Å². The van der Waals surface area contributed by atoms with E-state index in [1.165, 1.54) is 17.1 Å². The van der Waals surface area contributed by atoms with Crippen molar-refractivity contribution >= 4 is 17.8 Å². The van der Waals surface area contributed by atoms with Gasteiger partial charge in [0, 0.05) is 13.6 Å². The molecule has 0 bridgehead atoms.